The van der Waals surface area contributed by atoms with E-state index < -0.39 is 10.0 Å². The van der Waals surface area contributed by atoms with Crippen LogP contribution in [0.2, 0.25) is 0 Å². The van der Waals surface area contributed by atoms with E-state index in [0.717, 1.165) is 23.7 Å². The first-order valence-electron chi connectivity index (χ1n) is 8.48. The zero-order valence-electron chi connectivity index (χ0n) is 14.9. The number of anilines is 1. The van der Waals surface area contributed by atoms with Gasteiger partial charge in [-0.15, -0.1) is 11.3 Å². The van der Waals surface area contributed by atoms with Gasteiger partial charge < -0.3 is 5.32 Å². The molecule has 26 heavy (non-hydrogen) atoms. The van der Waals surface area contributed by atoms with Crippen molar-refractivity contribution in [2.75, 3.05) is 32.5 Å². The third-order valence-corrected chi connectivity index (χ3v) is 7.26. The Morgan fingerprint density at radius 2 is 2.12 bits per heavy atom. The number of hydrogen-bond donors (Lipinski definition) is 1. The molecule has 0 aliphatic carbocycles. The number of hydrogen-bond acceptors (Lipinski definition) is 5. The highest BCUT2D eigenvalue weighted by molar-refractivity contribution is 7.89. The van der Waals surface area contributed by atoms with Gasteiger partial charge in [-0.3, -0.25) is 9.69 Å². The maximum Gasteiger partial charge on any atom is 0.242 e. The molecule has 0 saturated carbocycles. The van der Waals surface area contributed by atoms with Crippen LogP contribution in [0.4, 0.5) is 5.69 Å². The Morgan fingerprint density at radius 3 is 2.81 bits per heavy atom. The number of rotatable bonds is 6. The molecule has 1 atom stereocenters. The smallest absolute Gasteiger partial charge is 0.242 e. The Bertz CT molecular complexity index is 864. The molecule has 1 aliphatic rings. The van der Waals surface area contributed by atoms with E-state index in [4.69, 9.17) is 0 Å². The van der Waals surface area contributed by atoms with Crippen LogP contribution in [-0.4, -0.2) is 50.7 Å². The van der Waals surface area contributed by atoms with Gasteiger partial charge in [0, 0.05) is 30.7 Å². The number of carbonyl (C=O) groups excluding carboxylic acids is 1. The van der Waals surface area contributed by atoms with Crippen molar-refractivity contribution >= 4 is 33.0 Å². The van der Waals surface area contributed by atoms with Gasteiger partial charge in [0.25, 0.3) is 0 Å². The number of sulfonamides is 1. The van der Waals surface area contributed by atoms with Gasteiger partial charge >= 0.3 is 0 Å². The van der Waals surface area contributed by atoms with Crippen molar-refractivity contribution in [3.63, 3.8) is 0 Å². The van der Waals surface area contributed by atoms with Gasteiger partial charge in [-0.05, 0) is 49.0 Å². The van der Waals surface area contributed by atoms with E-state index in [9.17, 15) is 13.2 Å². The van der Waals surface area contributed by atoms with Crippen LogP contribution < -0.4 is 5.32 Å². The van der Waals surface area contributed by atoms with Gasteiger partial charge in [-0.1, -0.05) is 12.1 Å². The molecule has 1 aromatic carbocycles. The molecule has 0 unspecified atom stereocenters. The van der Waals surface area contributed by atoms with Crippen LogP contribution in [0.1, 0.15) is 23.8 Å². The summed E-state index contributed by atoms with van der Waals surface area (Å²) in [7, 11) is -0.553. The molecule has 2 aromatic rings. The number of amides is 1. The summed E-state index contributed by atoms with van der Waals surface area (Å²) in [6.07, 6.45) is 2.14. The lowest BCUT2D eigenvalue weighted by Gasteiger charge is -2.23. The fourth-order valence-corrected chi connectivity index (χ4v) is 4.99. The Labute approximate surface area is 158 Å². The van der Waals surface area contributed by atoms with E-state index in [2.05, 4.69) is 21.7 Å². The normalized spacial score (nSPS) is 18.3. The molecule has 0 radical (unpaired) electrons. The van der Waals surface area contributed by atoms with Crippen molar-refractivity contribution in [3.05, 3.63) is 46.7 Å². The van der Waals surface area contributed by atoms with E-state index >= 15 is 0 Å². The molecule has 0 spiro atoms. The van der Waals surface area contributed by atoms with Crippen LogP contribution in [0.5, 0.6) is 0 Å². The summed E-state index contributed by atoms with van der Waals surface area (Å²) < 4.78 is 25.6. The lowest BCUT2D eigenvalue weighted by Crippen LogP contribution is -2.32. The molecule has 140 valence electrons. The van der Waals surface area contributed by atoms with E-state index in [0.29, 0.717) is 18.3 Å². The van der Waals surface area contributed by atoms with E-state index in [-0.39, 0.29) is 10.8 Å². The molecule has 1 saturated heterocycles. The van der Waals surface area contributed by atoms with Crippen molar-refractivity contribution in [2.24, 2.45) is 0 Å². The first-order valence-corrected chi connectivity index (χ1v) is 10.8. The van der Waals surface area contributed by atoms with Crippen LogP contribution in [0.15, 0.2) is 46.7 Å². The van der Waals surface area contributed by atoms with Gasteiger partial charge in [0.1, 0.15) is 0 Å². The third-order valence-electron chi connectivity index (χ3n) is 4.48. The van der Waals surface area contributed by atoms with Crippen molar-refractivity contribution < 1.29 is 13.2 Å². The Hall–Kier alpha value is -1.74. The van der Waals surface area contributed by atoms with E-state index in [1.54, 1.807) is 23.5 Å². The van der Waals surface area contributed by atoms with E-state index in [1.165, 1.54) is 31.1 Å². The SMILES string of the molecule is CN(C)S(=O)(=O)c1cccc(NC(=O)CN2CCC[C@H]2c2cccs2)c1. The fraction of sp³-hybridized carbons (Fsp3) is 0.389. The first-order chi connectivity index (χ1) is 12.4. The Kier molecular flexibility index (Phi) is 5.76. The molecule has 6 nitrogen and oxygen atoms in total. The lowest BCUT2D eigenvalue weighted by atomic mass is 10.2. The van der Waals surface area contributed by atoms with Crippen LogP contribution in [0.25, 0.3) is 0 Å². The number of nitrogens with zero attached hydrogens (tertiary/aromatic N) is 2. The van der Waals surface area contributed by atoms with Crippen LogP contribution >= 0.6 is 11.3 Å². The average molecular weight is 394 g/mol. The highest BCUT2D eigenvalue weighted by atomic mass is 32.2. The molecule has 2 heterocycles. The number of carbonyl (C=O) groups is 1. The molecule has 3 rings (SSSR count). The van der Waals surface area contributed by atoms with E-state index in [1.807, 2.05) is 6.07 Å². The molecular formula is C18H23N3O3S2. The van der Waals surface area contributed by atoms with Crippen molar-refractivity contribution in [3.8, 4) is 0 Å². The molecule has 1 aromatic heterocycles. The summed E-state index contributed by atoms with van der Waals surface area (Å²) in [5.41, 5.74) is 0.491. The van der Waals surface area contributed by atoms with Crippen molar-refractivity contribution in [2.45, 2.75) is 23.8 Å². The summed E-state index contributed by atoms with van der Waals surface area (Å²) in [6, 6.07) is 10.8. The van der Waals surface area contributed by atoms with Crippen molar-refractivity contribution in [1.29, 1.82) is 0 Å². The minimum absolute atomic E-state index is 0.132. The first kappa shape index (κ1) is 19.0. The second-order valence-electron chi connectivity index (χ2n) is 6.51. The van der Waals surface area contributed by atoms with Gasteiger partial charge in [-0.25, -0.2) is 12.7 Å². The largest absolute Gasteiger partial charge is 0.325 e. The summed E-state index contributed by atoms with van der Waals surface area (Å²) >= 11 is 1.72. The highest BCUT2D eigenvalue weighted by Crippen LogP contribution is 2.34. The fourth-order valence-electron chi connectivity index (χ4n) is 3.15. The van der Waals surface area contributed by atoms with Gasteiger partial charge in [0.15, 0.2) is 0 Å². The monoisotopic (exact) mass is 393 g/mol. The average Bonchev–Trinajstić information content (AvgIpc) is 3.26. The standard InChI is InChI=1S/C18H23N3O3S2/c1-20(2)26(23,24)15-7-3-6-14(12-15)19-18(22)13-21-10-4-8-16(21)17-9-5-11-25-17/h3,5-7,9,11-12,16H,4,8,10,13H2,1-2H3,(H,19,22)/t16-/m0/s1. The summed E-state index contributed by atoms with van der Waals surface area (Å²) in [6.45, 7) is 1.19. The number of nitrogens with one attached hydrogen (secondary N) is 1. The summed E-state index contributed by atoms with van der Waals surface area (Å²) in [4.78, 5) is 16.1. The lowest BCUT2D eigenvalue weighted by molar-refractivity contribution is -0.117. The molecule has 1 aliphatic heterocycles. The maximum atomic E-state index is 12.5. The molecular weight excluding hydrogens is 370 g/mol. The van der Waals surface area contributed by atoms with Crippen LogP contribution in [-0.2, 0) is 14.8 Å². The molecule has 0 bridgehead atoms. The van der Waals surface area contributed by atoms with Crippen molar-refractivity contribution in [1.82, 2.24) is 9.21 Å². The maximum absolute atomic E-state index is 12.5. The summed E-state index contributed by atoms with van der Waals surface area (Å²) in [5.74, 6) is -0.132. The zero-order valence-corrected chi connectivity index (χ0v) is 16.5. The zero-order chi connectivity index (χ0) is 18.7. The number of likely N-dealkylation sites (tertiary alicyclic amines) is 1. The predicted octanol–water partition coefficient (Wildman–Crippen LogP) is 2.77. The van der Waals surface area contributed by atoms with Gasteiger partial charge in [0.05, 0.1) is 11.4 Å². The minimum atomic E-state index is -3.52. The summed E-state index contributed by atoms with van der Waals surface area (Å²) in [5, 5.41) is 4.88. The van der Waals surface area contributed by atoms with Gasteiger partial charge in [-0.2, -0.15) is 0 Å². The second-order valence-corrected chi connectivity index (χ2v) is 9.64. The third kappa shape index (κ3) is 4.15. The highest BCUT2D eigenvalue weighted by Gasteiger charge is 2.28. The Balaban J connectivity index is 1.67. The van der Waals surface area contributed by atoms with Gasteiger partial charge in [0.2, 0.25) is 15.9 Å². The molecule has 1 N–H and O–H groups in total. The minimum Gasteiger partial charge on any atom is -0.325 e. The van der Waals surface area contributed by atoms with Crippen LogP contribution in [0.3, 0.4) is 0 Å². The second kappa shape index (κ2) is 7.87. The number of benzene rings is 1. The quantitative estimate of drug-likeness (QED) is 0.819. The molecule has 8 heteroatoms. The number of thiophene rings is 1. The topological polar surface area (TPSA) is 69.7 Å². The molecule has 1 fully saturated rings. The predicted molar refractivity (Wildman–Crippen MR) is 104 cm³/mol. The molecule has 1 amide bonds. The Morgan fingerprint density at radius 1 is 1.31 bits per heavy atom. The van der Waals surface area contributed by atoms with Crippen LogP contribution in [0, 0.1) is 0 Å².